The third kappa shape index (κ3) is 3.07. The van der Waals surface area contributed by atoms with E-state index in [1.807, 2.05) is 5.32 Å². The molecule has 0 radical (unpaired) electrons. The highest BCUT2D eigenvalue weighted by molar-refractivity contribution is 6.06. The molecule has 0 unspecified atom stereocenters. The number of halogens is 3. The monoisotopic (exact) mass is 260 g/mol. The lowest BCUT2D eigenvalue weighted by Gasteiger charge is -2.16. The summed E-state index contributed by atoms with van der Waals surface area (Å²) >= 11 is 0. The number of hydrogen-bond donors (Lipinski definition) is 2. The Morgan fingerprint density at radius 1 is 1.33 bits per heavy atom. The van der Waals surface area contributed by atoms with E-state index in [0.29, 0.717) is 0 Å². The van der Waals surface area contributed by atoms with Gasteiger partial charge in [0, 0.05) is 12.5 Å². The normalized spacial score (nSPS) is 11.2. The molecular formula is C11H11F3N2O2. The molecule has 1 amide bonds. The summed E-state index contributed by atoms with van der Waals surface area (Å²) in [6, 6.07) is 3.07. The van der Waals surface area contributed by atoms with Crippen LogP contribution in [0.1, 0.15) is 22.8 Å². The lowest BCUT2D eigenvalue weighted by Crippen LogP contribution is -2.20. The molecule has 18 heavy (non-hydrogen) atoms. The smallest absolute Gasteiger partial charge is 0.325 e. The van der Waals surface area contributed by atoms with Crippen molar-refractivity contribution in [3.05, 3.63) is 29.3 Å². The summed E-state index contributed by atoms with van der Waals surface area (Å²) in [7, 11) is 0. The van der Waals surface area contributed by atoms with Crippen LogP contribution in [0.3, 0.4) is 0 Å². The quantitative estimate of drug-likeness (QED) is 0.814. The SMILES string of the molecule is CC(=O)Nc1c(C(=O)CN)cccc1C(F)(F)F. The number of rotatable bonds is 3. The van der Waals surface area contributed by atoms with E-state index in [9.17, 15) is 22.8 Å². The first kappa shape index (κ1) is 14.2. The maximum atomic E-state index is 12.8. The van der Waals surface area contributed by atoms with Gasteiger partial charge in [0.15, 0.2) is 5.78 Å². The molecule has 0 spiro atoms. The van der Waals surface area contributed by atoms with Crippen LogP contribution in [0.4, 0.5) is 18.9 Å². The van der Waals surface area contributed by atoms with Crippen LogP contribution in [-0.4, -0.2) is 18.2 Å². The average molecular weight is 260 g/mol. The molecule has 0 aliphatic carbocycles. The molecule has 1 rings (SSSR count). The van der Waals surface area contributed by atoms with Gasteiger partial charge >= 0.3 is 6.18 Å². The molecule has 0 atom stereocenters. The van der Waals surface area contributed by atoms with Crippen molar-refractivity contribution in [3.63, 3.8) is 0 Å². The first-order valence-corrected chi connectivity index (χ1v) is 4.98. The fraction of sp³-hybridized carbons (Fsp3) is 0.273. The third-order valence-electron chi connectivity index (χ3n) is 2.16. The fourth-order valence-electron chi connectivity index (χ4n) is 1.44. The van der Waals surface area contributed by atoms with Crippen molar-refractivity contribution in [3.8, 4) is 0 Å². The van der Waals surface area contributed by atoms with Crippen molar-refractivity contribution in [2.45, 2.75) is 13.1 Å². The van der Waals surface area contributed by atoms with Gasteiger partial charge in [-0.3, -0.25) is 9.59 Å². The minimum absolute atomic E-state index is 0.248. The number of alkyl halides is 3. The topological polar surface area (TPSA) is 72.2 Å². The number of ketones is 1. The summed E-state index contributed by atoms with van der Waals surface area (Å²) < 4.78 is 38.3. The first-order valence-electron chi connectivity index (χ1n) is 4.98. The number of para-hydroxylation sites is 1. The number of carbonyl (C=O) groups excluding carboxylic acids is 2. The van der Waals surface area contributed by atoms with Gasteiger partial charge in [0.25, 0.3) is 0 Å². The molecule has 0 bridgehead atoms. The third-order valence-corrected chi connectivity index (χ3v) is 2.16. The van der Waals surface area contributed by atoms with Gasteiger partial charge in [-0.1, -0.05) is 6.07 Å². The molecule has 3 N–H and O–H groups in total. The highest BCUT2D eigenvalue weighted by Crippen LogP contribution is 2.36. The molecule has 1 aromatic rings. The second kappa shape index (κ2) is 5.18. The molecule has 4 nitrogen and oxygen atoms in total. The van der Waals surface area contributed by atoms with E-state index in [-0.39, 0.29) is 5.56 Å². The summed E-state index contributed by atoms with van der Waals surface area (Å²) in [5, 5.41) is 2.03. The molecule has 0 saturated heterocycles. The van der Waals surface area contributed by atoms with Crippen LogP contribution in [0.2, 0.25) is 0 Å². The van der Waals surface area contributed by atoms with E-state index in [1.54, 1.807) is 0 Å². The number of amides is 1. The fourth-order valence-corrected chi connectivity index (χ4v) is 1.44. The molecule has 7 heteroatoms. The Bertz CT molecular complexity index is 484. The van der Waals surface area contributed by atoms with E-state index in [2.05, 4.69) is 0 Å². The second-order valence-electron chi connectivity index (χ2n) is 3.53. The maximum absolute atomic E-state index is 12.8. The molecule has 0 heterocycles. The molecule has 0 aliphatic heterocycles. The minimum atomic E-state index is -4.66. The Kier molecular flexibility index (Phi) is 4.07. The van der Waals surface area contributed by atoms with Gasteiger partial charge in [0.1, 0.15) is 0 Å². The Labute approximate surface area is 101 Å². The number of hydrogen-bond acceptors (Lipinski definition) is 3. The van der Waals surface area contributed by atoms with Crippen LogP contribution in [0, 0.1) is 0 Å². The van der Waals surface area contributed by atoms with Gasteiger partial charge < -0.3 is 11.1 Å². The van der Waals surface area contributed by atoms with Gasteiger partial charge in [-0.2, -0.15) is 13.2 Å². The number of benzene rings is 1. The van der Waals surface area contributed by atoms with E-state index < -0.39 is 35.7 Å². The van der Waals surface area contributed by atoms with Crippen molar-refractivity contribution in [1.29, 1.82) is 0 Å². The Morgan fingerprint density at radius 3 is 2.39 bits per heavy atom. The number of nitrogens with two attached hydrogens (primary N) is 1. The van der Waals surface area contributed by atoms with Crippen molar-refractivity contribution in [2.24, 2.45) is 5.73 Å². The lowest BCUT2D eigenvalue weighted by molar-refractivity contribution is -0.137. The number of anilines is 1. The Balaban J connectivity index is 3.44. The van der Waals surface area contributed by atoms with Crippen LogP contribution in [0.5, 0.6) is 0 Å². The molecule has 0 aliphatic rings. The zero-order valence-electron chi connectivity index (χ0n) is 9.47. The molecule has 98 valence electrons. The average Bonchev–Trinajstić information content (AvgIpc) is 2.26. The zero-order valence-corrected chi connectivity index (χ0v) is 9.47. The largest absolute Gasteiger partial charge is 0.418 e. The van der Waals surface area contributed by atoms with E-state index in [4.69, 9.17) is 5.73 Å². The van der Waals surface area contributed by atoms with Crippen LogP contribution < -0.4 is 11.1 Å². The Hall–Kier alpha value is -1.89. The lowest BCUT2D eigenvalue weighted by atomic mass is 10.0. The molecular weight excluding hydrogens is 249 g/mol. The van der Waals surface area contributed by atoms with Crippen molar-refractivity contribution in [2.75, 3.05) is 11.9 Å². The van der Waals surface area contributed by atoms with Gasteiger partial charge in [-0.25, -0.2) is 0 Å². The molecule has 0 fully saturated rings. The molecule has 0 aromatic heterocycles. The number of carbonyl (C=O) groups is 2. The standard InChI is InChI=1S/C11H11F3N2O2/c1-6(17)16-10-7(9(18)5-15)3-2-4-8(10)11(12,13)14/h2-4H,5,15H2,1H3,(H,16,17). The van der Waals surface area contributed by atoms with Crippen molar-refractivity contribution in [1.82, 2.24) is 0 Å². The van der Waals surface area contributed by atoms with Gasteiger partial charge in [-0.15, -0.1) is 0 Å². The summed E-state index contributed by atoms with van der Waals surface area (Å²) in [6.07, 6.45) is -4.66. The number of nitrogens with one attached hydrogen (secondary N) is 1. The Morgan fingerprint density at radius 2 is 1.94 bits per heavy atom. The second-order valence-corrected chi connectivity index (χ2v) is 3.53. The van der Waals surface area contributed by atoms with Gasteiger partial charge in [0.05, 0.1) is 17.8 Å². The molecule has 0 saturated carbocycles. The first-order chi connectivity index (χ1) is 8.27. The highest BCUT2D eigenvalue weighted by Gasteiger charge is 2.35. The highest BCUT2D eigenvalue weighted by atomic mass is 19.4. The van der Waals surface area contributed by atoms with Crippen molar-refractivity contribution < 1.29 is 22.8 Å². The summed E-state index contributed by atoms with van der Waals surface area (Å²) in [4.78, 5) is 22.4. The van der Waals surface area contributed by atoms with E-state index in [1.165, 1.54) is 6.07 Å². The van der Waals surface area contributed by atoms with Crippen LogP contribution in [0.25, 0.3) is 0 Å². The number of Topliss-reactive ketones (excluding diaryl/α,β-unsaturated/α-hetero) is 1. The van der Waals surface area contributed by atoms with Gasteiger partial charge in [-0.05, 0) is 12.1 Å². The zero-order chi connectivity index (χ0) is 13.9. The van der Waals surface area contributed by atoms with E-state index in [0.717, 1.165) is 19.1 Å². The molecule has 1 aromatic carbocycles. The predicted octanol–water partition coefficient (Wildman–Crippen LogP) is 1.81. The predicted molar refractivity (Wildman–Crippen MR) is 59.1 cm³/mol. The maximum Gasteiger partial charge on any atom is 0.418 e. The minimum Gasteiger partial charge on any atom is -0.325 e. The van der Waals surface area contributed by atoms with Crippen LogP contribution >= 0.6 is 0 Å². The van der Waals surface area contributed by atoms with Gasteiger partial charge in [0.2, 0.25) is 5.91 Å². The van der Waals surface area contributed by atoms with E-state index >= 15 is 0 Å². The summed E-state index contributed by atoms with van der Waals surface area (Å²) in [6.45, 7) is 0.623. The summed E-state index contributed by atoms with van der Waals surface area (Å²) in [5.41, 5.74) is 3.25. The van der Waals surface area contributed by atoms with Crippen LogP contribution in [0.15, 0.2) is 18.2 Å². The summed E-state index contributed by atoms with van der Waals surface area (Å²) in [5.74, 6) is -1.37. The van der Waals surface area contributed by atoms with Crippen molar-refractivity contribution >= 4 is 17.4 Å². The van der Waals surface area contributed by atoms with Crippen LogP contribution in [-0.2, 0) is 11.0 Å².